The van der Waals surface area contributed by atoms with Crippen molar-refractivity contribution in [3.05, 3.63) is 0 Å². The zero-order chi connectivity index (χ0) is 19.0. The Morgan fingerprint density at radius 2 is 2.00 bits per heavy atom. The van der Waals surface area contributed by atoms with Crippen molar-refractivity contribution in [2.24, 2.45) is 4.99 Å². The molecule has 0 amide bonds. The minimum atomic E-state index is -4.15. The van der Waals surface area contributed by atoms with E-state index in [4.69, 9.17) is 9.47 Å². The lowest BCUT2D eigenvalue weighted by Gasteiger charge is -2.37. The summed E-state index contributed by atoms with van der Waals surface area (Å²) in [5.74, 6) is 0.803. The van der Waals surface area contributed by atoms with Gasteiger partial charge in [0.15, 0.2) is 5.96 Å². The molecule has 10 heteroatoms. The number of ether oxygens (including phenoxy) is 2. The molecular formula is C17H32F3IN4O2. The number of nitrogens with one attached hydrogen (secondary N) is 1. The molecule has 0 aromatic heterocycles. The zero-order valence-corrected chi connectivity index (χ0v) is 18.5. The van der Waals surface area contributed by atoms with Crippen LogP contribution in [0.25, 0.3) is 0 Å². The van der Waals surface area contributed by atoms with Crippen LogP contribution < -0.4 is 5.32 Å². The third kappa shape index (κ3) is 9.14. The second-order valence-corrected chi connectivity index (χ2v) is 6.85. The van der Waals surface area contributed by atoms with Gasteiger partial charge in [-0.1, -0.05) is 0 Å². The van der Waals surface area contributed by atoms with Crippen LogP contribution in [0.4, 0.5) is 13.2 Å². The number of aliphatic imine (C=N–C) groups is 1. The van der Waals surface area contributed by atoms with Gasteiger partial charge in [0.25, 0.3) is 0 Å². The van der Waals surface area contributed by atoms with Gasteiger partial charge in [0.1, 0.15) is 6.10 Å². The van der Waals surface area contributed by atoms with Crippen molar-refractivity contribution in [2.75, 3.05) is 59.5 Å². The second kappa shape index (κ2) is 12.3. The smallest absolute Gasteiger partial charge is 0.375 e. The molecule has 2 heterocycles. The number of hydrogen-bond donors (Lipinski definition) is 1. The molecule has 2 unspecified atom stereocenters. The maximum Gasteiger partial charge on any atom is 0.401 e. The van der Waals surface area contributed by atoms with E-state index in [1.807, 2.05) is 6.92 Å². The van der Waals surface area contributed by atoms with Crippen molar-refractivity contribution >= 4 is 29.9 Å². The zero-order valence-electron chi connectivity index (χ0n) is 16.1. The fraction of sp³-hybridized carbons (Fsp3) is 0.941. The molecule has 2 atom stereocenters. The van der Waals surface area contributed by atoms with Crippen LogP contribution in [0.1, 0.15) is 26.2 Å². The quantitative estimate of drug-likeness (QED) is 0.248. The fourth-order valence-corrected chi connectivity index (χ4v) is 3.33. The standard InChI is InChI=1S/C17H31F3N4O2.HI/c1-3-21-16(22-7-5-8-23(2)13-17(18,19)20)24-9-11-26-15(12-24)14-6-4-10-25-14;/h14-15H,3-13H2,1-2H3,(H,21,22);1H. The fourth-order valence-electron chi connectivity index (χ4n) is 3.33. The third-order valence-electron chi connectivity index (χ3n) is 4.52. The predicted molar refractivity (Wildman–Crippen MR) is 110 cm³/mol. The molecule has 0 saturated carbocycles. The first-order valence-corrected chi connectivity index (χ1v) is 9.41. The van der Waals surface area contributed by atoms with E-state index in [-0.39, 0.29) is 36.2 Å². The minimum Gasteiger partial charge on any atom is -0.375 e. The molecular weight excluding hydrogens is 476 g/mol. The SMILES string of the molecule is CCNC(=NCCCN(C)CC(F)(F)F)N1CCOC(C2CCCO2)C1.I. The molecule has 0 bridgehead atoms. The van der Waals surface area contributed by atoms with Gasteiger partial charge in [-0.3, -0.25) is 9.89 Å². The highest BCUT2D eigenvalue weighted by Gasteiger charge is 2.32. The van der Waals surface area contributed by atoms with Crippen molar-refractivity contribution in [3.63, 3.8) is 0 Å². The number of morpholine rings is 1. The van der Waals surface area contributed by atoms with Gasteiger partial charge in [-0.25, -0.2) is 0 Å². The van der Waals surface area contributed by atoms with E-state index < -0.39 is 12.7 Å². The average molecular weight is 508 g/mol. The van der Waals surface area contributed by atoms with E-state index in [0.717, 1.165) is 45.0 Å². The summed E-state index contributed by atoms with van der Waals surface area (Å²) in [4.78, 5) is 8.04. The van der Waals surface area contributed by atoms with Crippen molar-refractivity contribution in [1.82, 2.24) is 15.1 Å². The average Bonchev–Trinajstić information content (AvgIpc) is 3.11. The van der Waals surface area contributed by atoms with Crippen LogP contribution in [-0.2, 0) is 9.47 Å². The molecule has 160 valence electrons. The second-order valence-electron chi connectivity index (χ2n) is 6.85. The van der Waals surface area contributed by atoms with E-state index in [0.29, 0.717) is 26.1 Å². The minimum absolute atomic E-state index is 0. The molecule has 0 radical (unpaired) electrons. The monoisotopic (exact) mass is 508 g/mol. The van der Waals surface area contributed by atoms with Gasteiger partial charge < -0.3 is 19.7 Å². The van der Waals surface area contributed by atoms with Gasteiger partial charge in [-0.05, 0) is 39.8 Å². The predicted octanol–water partition coefficient (Wildman–Crippen LogP) is 2.33. The molecule has 6 nitrogen and oxygen atoms in total. The first-order valence-electron chi connectivity index (χ1n) is 9.41. The molecule has 0 aromatic carbocycles. The van der Waals surface area contributed by atoms with Crippen LogP contribution in [0.2, 0.25) is 0 Å². The number of halogens is 4. The third-order valence-corrected chi connectivity index (χ3v) is 4.52. The first kappa shape index (κ1) is 24.7. The van der Waals surface area contributed by atoms with Gasteiger partial charge >= 0.3 is 6.18 Å². The van der Waals surface area contributed by atoms with E-state index in [2.05, 4.69) is 15.2 Å². The molecule has 2 fully saturated rings. The van der Waals surface area contributed by atoms with Gasteiger partial charge in [0.2, 0.25) is 0 Å². The number of rotatable bonds is 7. The number of alkyl halides is 3. The maximum absolute atomic E-state index is 12.3. The summed E-state index contributed by atoms with van der Waals surface area (Å²) in [5, 5.41) is 3.28. The van der Waals surface area contributed by atoms with Crippen LogP contribution in [0.15, 0.2) is 4.99 Å². The molecule has 2 aliphatic rings. The van der Waals surface area contributed by atoms with Crippen LogP contribution in [0.3, 0.4) is 0 Å². The Labute approximate surface area is 176 Å². The Morgan fingerprint density at radius 1 is 1.26 bits per heavy atom. The maximum atomic E-state index is 12.3. The van der Waals surface area contributed by atoms with Crippen molar-refractivity contribution in [3.8, 4) is 0 Å². The van der Waals surface area contributed by atoms with E-state index in [1.54, 1.807) is 0 Å². The van der Waals surface area contributed by atoms with Gasteiger partial charge in [0.05, 0.1) is 19.3 Å². The molecule has 0 aromatic rings. The first-order chi connectivity index (χ1) is 12.4. The van der Waals surface area contributed by atoms with Crippen LogP contribution in [-0.4, -0.2) is 93.7 Å². The highest BCUT2D eigenvalue weighted by atomic mass is 127. The molecule has 27 heavy (non-hydrogen) atoms. The molecule has 2 aliphatic heterocycles. The van der Waals surface area contributed by atoms with Crippen molar-refractivity contribution in [2.45, 2.75) is 44.6 Å². The summed E-state index contributed by atoms with van der Waals surface area (Å²) in [6.45, 7) is 5.63. The summed E-state index contributed by atoms with van der Waals surface area (Å²) in [7, 11) is 1.48. The van der Waals surface area contributed by atoms with E-state index in [1.165, 1.54) is 11.9 Å². The summed E-state index contributed by atoms with van der Waals surface area (Å²) in [6, 6.07) is 0. The summed E-state index contributed by atoms with van der Waals surface area (Å²) < 4.78 is 48.6. The molecule has 0 aliphatic carbocycles. The van der Waals surface area contributed by atoms with E-state index >= 15 is 0 Å². The van der Waals surface area contributed by atoms with Crippen molar-refractivity contribution in [1.29, 1.82) is 0 Å². The Kier molecular flexibility index (Phi) is 11.2. The van der Waals surface area contributed by atoms with Gasteiger partial charge in [-0.2, -0.15) is 13.2 Å². The van der Waals surface area contributed by atoms with Crippen LogP contribution in [0, 0.1) is 0 Å². The molecule has 1 N–H and O–H groups in total. The summed E-state index contributed by atoms with van der Waals surface area (Å²) in [6.07, 6.45) is -1.27. The van der Waals surface area contributed by atoms with Gasteiger partial charge in [0, 0.05) is 32.8 Å². The lowest BCUT2D eigenvalue weighted by atomic mass is 10.1. The Morgan fingerprint density at radius 3 is 2.63 bits per heavy atom. The number of guanidine groups is 1. The highest BCUT2D eigenvalue weighted by Crippen LogP contribution is 2.21. The topological polar surface area (TPSA) is 49.3 Å². The Bertz CT molecular complexity index is 448. The van der Waals surface area contributed by atoms with Gasteiger partial charge in [-0.15, -0.1) is 24.0 Å². The normalized spacial score (nSPS) is 24.2. The lowest BCUT2D eigenvalue weighted by Crippen LogP contribution is -2.53. The molecule has 2 rings (SSSR count). The molecule has 2 saturated heterocycles. The number of nitrogens with zero attached hydrogens (tertiary/aromatic N) is 3. The number of hydrogen-bond acceptors (Lipinski definition) is 4. The van der Waals surface area contributed by atoms with E-state index in [9.17, 15) is 13.2 Å². The summed E-state index contributed by atoms with van der Waals surface area (Å²) in [5.41, 5.74) is 0. The van der Waals surface area contributed by atoms with Crippen molar-refractivity contribution < 1.29 is 22.6 Å². The highest BCUT2D eigenvalue weighted by molar-refractivity contribution is 14.0. The van der Waals surface area contributed by atoms with Crippen LogP contribution >= 0.6 is 24.0 Å². The molecule has 0 spiro atoms. The largest absolute Gasteiger partial charge is 0.401 e. The lowest BCUT2D eigenvalue weighted by molar-refractivity contribution is -0.143. The Balaban J connectivity index is 0.00000364. The summed E-state index contributed by atoms with van der Waals surface area (Å²) >= 11 is 0. The van der Waals surface area contributed by atoms with Crippen LogP contribution in [0.5, 0.6) is 0 Å². The Hall–Kier alpha value is -0.330.